The van der Waals surface area contributed by atoms with Gasteiger partial charge in [-0.1, -0.05) is 19.9 Å². The molecule has 0 saturated heterocycles. The number of nitrogens with one attached hydrogen (secondary N) is 3. The molecule has 6 nitrogen and oxygen atoms in total. The number of hydrogen-bond acceptors (Lipinski definition) is 3. The molecular weight excluding hydrogens is 507 g/mol. The number of carbonyl (C=O) groups excluding carboxylic acids is 2. The molecule has 0 radical (unpaired) electrons. The molecule has 0 fully saturated rings. The average molecular weight is 530 g/mol. The second-order valence-electron chi connectivity index (χ2n) is 8.52. The lowest BCUT2D eigenvalue weighted by atomic mass is 9.92. The van der Waals surface area contributed by atoms with Crippen LogP contribution in [-0.4, -0.2) is 21.8 Å². The molecule has 1 aliphatic heterocycles. The van der Waals surface area contributed by atoms with E-state index in [1.165, 1.54) is 24.3 Å². The van der Waals surface area contributed by atoms with Gasteiger partial charge in [-0.3, -0.25) is 9.59 Å². The maximum absolute atomic E-state index is 14.1. The van der Waals surface area contributed by atoms with E-state index in [1.807, 2.05) is 13.8 Å². The molecule has 5 rings (SSSR count). The third-order valence-electron chi connectivity index (χ3n) is 6.01. The van der Waals surface area contributed by atoms with E-state index in [0.717, 1.165) is 0 Å². The molecule has 0 aliphatic carbocycles. The fourth-order valence-electron chi connectivity index (χ4n) is 4.43. The minimum absolute atomic E-state index is 0.0796. The first-order valence-corrected chi connectivity index (χ1v) is 11.7. The Labute approximate surface area is 214 Å². The van der Waals surface area contributed by atoms with Crippen LogP contribution in [0.25, 0.3) is 11.0 Å². The van der Waals surface area contributed by atoms with Crippen LogP contribution in [0.1, 0.15) is 68.7 Å². The summed E-state index contributed by atoms with van der Waals surface area (Å²) < 4.78 is 67.5. The van der Waals surface area contributed by atoms with Gasteiger partial charge < -0.3 is 15.6 Å². The zero-order valence-electron chi connectivity index (χ0n) is 20.8. The lowest BCUT2D eigenvalue weighted by molar-refractivity contribution is -0.137. The van der Waals surface area contributed by atoms with E-state index in [4.69, 9.17) is 0 Å². The molecular formula is C27H23F5N4O2. The largest absolute Gasteiger partial charge is 0.416 e. The van der Waals surface area contributed by atoms with Crippen molar-refractivity contribution in [2.24, 2.45) is 0 Å². The number of aromatic nitrogens is 2. The van der Waals surface area contributed by atoms with Gasteiger partial charge in [0, 0.05) is 16.8 Å². The van der Waals surface area contributed by atoms with Crippen LogP contribution in [0.5, 0.6) is 0 Å². The van der Waals surface area contributed by atoms with E-state index >= 15 is 0 Å². The number of amides is 2. The van der Waals surface area contributed by atoms with Gasteiger partial charge in [-0.05, 0) is 61.4 Å². The normalized spacial score (nSPS) is 14.6. The number of halogens is 5. The predicted octanol–water partition coefficient (Wildman–Crippen LogP) is 6.59. The van der Waals surface area contributed by atoms with Crippen molar-refractivity contribution in [1.82, 2.24) is 15.3 Å². The number of rotatable bonds is 3. The van der Waals surface area contributed by atoms with Crippen LogP contribution in [0.3, 0.4) is 0 Å². The summed E-state index contributed by atoms with van der Waals surface area (Å²) in [4.78, 5) is 33.3. The van der Waals surface area contributed by atoms with Gasteiger partial charge in [0.05, 0.1) is 22.7 Å². The van der Waals surface area contributed by atoms with E-state index in [9.17, 15) is 31.5 Å². The second kappa shape index (κ2) is 9.88. The fourth-order valence-corrected chi connectivity index (χ4v) is 4.43. The van der Waals surface area contributed by atoms with Crippen molar-refractivity contribution in [3.05, 3.63) is 93.3 Å². The standard InChI is InChI=1S/C25H17F5N4O2.C2H6/c1-10-3-4-14(26)8-16(10)21-19-17(9-18-22(32-11(2)31-18)20(19)24(36)34-21)33-23(35)12-5-13(25(28,29)30)7-15(27)6-12;1-2/h3-9,21H,1-2H3,(H,31,32)(H,33,35)(H,34,36);1-2H3. The van der Waals surface area contributed by atoms with Gasteiger partial charge >= 0.3 is 6.18 Å². The maximum atomic E-state index is 14.1. The Morgan fingerprint density at radius 1 is 1.00 bits per heavy atom. The van der Waals surface area contributed by atoms with Gasteiger partial charge in [-0.25, -0.2) is 13.8 Å². The van der Waals surface area contributed by atoms with Crippen LogP contribution >= 0.6 is 0 Å². The summed E-state index contributed by atoms with van der Waals surface area (Å²) in [6.07, 6.45) is -4.86. The molecule has 0 spiro atoms. The zero-order chi connectivity index (χ0) is 27.9. The Morgan fingerprint density at radius 3 is 2.39 bits per heavy atom. The summed E-state index contributed by atoms with van der Waals surface area (Å²) in [5.74, 6) is -2.83. The number of aryl methyl sites for hydroxylation is 2. The third-order valence-corrected chi connectivity index (χ3v) is 6.01. The molecule has 1 aliphatic rings. The number of benzene rings is 3. The number of alkyl halides is 3. The number of fused-ring (bicyclic) bond motifs is 3. The summed E-state index contributed by atoms with van der Waals surface area (Å²) in [5, 5.41) is 5.29. The number of aromatic amines is 1. The number of H-pyrrole nitrogens is 1. The van der Waals surface area contributed by atoms with Crippen LogP contribution in [0.4, 0.5) is 27.6 Å². The highest BCUT2D eigenvalue weighted by Gasteiger charge is 2.37. The van der Waals surface area contributed by atoms with Gasteiger partial charge in [0.1, 0.15) is 23.0 Å². The van der Waals surface area contributed by atoms with Gasteiger partial charge in [0.15, 0.2) is 0 Å². The lowest BCUT2D eigenvalue weighted by Gasteiger charge is -2.19. The highest BCUT2D eigenvalue weighted by molar-refractivity contribution is 6.14. The molecule has 1 aromatic heterocycles. The van der Waals surface area contributed by atoms with Crippen molar-refractivity contribution in [2.75, 3.05) is 5.32 Å². The molecule has 0 saturated carbocycles. The zero-order valence-corrected chi connectivity index (χ0v) is 20.8. The number of nitrogens with zero attached hydrogens (tertiary/aromatic N) is 1. The van der Waals surface area contributed by atoms with E-state index in [1.54, 1.807) is 13.8 Å². The fraction of sp³-hybridized carbons (Fsp3) is 0.222. The lowest BCUT2D eigenvalue weighted by Crippen LogP contribution is -2.21. The average Bonchev–Trinajstić information content (AvgIpc) is 3.40. The Hall–Kier alpha value is -4.28. The molecule has 3 aromatic carbocycles. The summed E-state index contributed by atoms with van der Waals surface area (Å²) in [6.45, 7) is 7.39. The minimum Gasteiger partial charge on any atom is -0.342 e. The number of carbonyl (C=O) groups is 2. The van der Waals surface area contributed by atoms with Gasteiger partial charge in [0.2, 0.25) is 0 Å². The molecule has 1 atom stereocenters. The molecule has 11 heteroatoms. The summed E-state index contributed by atoms with van der Waals surface area (Å²) in [7, 11) is 0. The van der Waals surface area contributed by atoms with Crippen LogP contribution in [0.2, 0.25) is 0 Å². The SMILES string of the molecule is CC.Cc1nc2c3c(c(NC(=O)c4cc(F)cc(C(F)(F)F)c4)cc2[nH]1)C(c1cc(F)ccc1C)NC3=O. The Kier molecular flexibility index (Phi) is 6.96. The van der Waals surface area contributed by atoms with E-state index in [2.05, 4.69) is 20.6 Å². The molecule has 198 valence electrons. The molecule has 2 amide bonds. The number of anilines is 1. The molecule has 3 N–H and O–H groups in total. The first kappa shape index (κ1) is 26.8. The summed E-state index contributed by atoms with van der Waals surface area (Å²) in [6, 6.07) is 6.17. The van der Waals surface area contributed by atoms with Crippen molar-refractivity contribution in [3.63, 3.8) is 0 Å². The minimum atomic E-state index is -4.86. The predicted molar refractivity (Wildman–Crippen MR) is 132 cm³/mol. The van der Waals surface area contributed by atoms with Crippen LogP contribution in [-0.2, 0) is 6.18 Å². The Morgan fingerprint density at radius 2 is 1.71 bits per heavy atom. The Bertz CT molecular complexity index is 1580. The smallest absolute Gasteiger partial charge is 0.342 e. The van der Waals surface area contributed by atoms with Crippen molar-refractivity contribution in [3.8, 4) is 0 Å². The first-order chi connectivity index (χ1) is 17.9. The van der Waals surface area contributed by atoms with Crippen molar-refractivity contribution < 1.29 is 31.5 Å². The molecule has 1 unspecified atom stereocenters. The Balaban J connectivity index is 0.00000164. The molecule has 0 bridgehead atoms. The maximum Gasteiger partial charge on any atom is 0.416 e. The van der Waals surface area contributed by atoms with Gasteiger partial charge in [-0.2, -0.15) is 13.2 Å². The first-order valence-electron chi connectivity index (χ1n) is 11.7. The van der Waals surface area contributed by atoms with Gasteiger partial charge in [0.25, 0.3) is 11.8 Å². The molecule has 38 heavy (non-hydrogen) atoms. The van der Waals surface area contributed by atoms with E-state index in [0.29, 0.717) is 46.2 Å². The molecule has 4 aromatic rings. The van der Waals surface area contributed by atoms with Gasteiger partial charge in [-0.15, -0.1) is 0 Å². The van der Waals surface area contributed by atoms with E-state index in [-0.39, 0.29) is 16.8 Å². The molecule has 2 heterocycles. The van der Waals surface area contributed by atoms with Crippen molar-refractivity contribution in [2.45, 2.75) is 39.9 Å². The quantitative estimate of drug-likeness (QED) is 0.261. The second-order valence-corrected chi connectivity index (χ2v) is 8.52. The van der Waals surface area contributed by atoms with Crippen molar-refractivity contribution in [1.29, 1.82) is 0 Å². The number of hydrogen-bond donors (Lipinski definition) is 3. The highest BCUT2D eigenvalue weighted by atomic mass is 19.4. The number of imidazole rings is 1. The highest BCUT2D eigenvalue weighted by Crippen LogP contribution is 2.41. The monoisotopic (exact) mass is 530 g/mol. The van der Waals surface area contributed by atoms with E-state index < -0.39 is 46.8 Å². The topological polar surface area (TPSA) is 86.9 Å². The third kappa shape index (κ3) is 4.83. The van der Waals surface area contributed by atoms with Crippen molar-refractivity contribution >= 4 is 28.5 Å². The van der Waals surface area contributed by atoms with Crippen LogP contribution in [0.15, 0.2) is 42.5 Å². The van der Waals surface area contributed by atoms with Crippen LogP contribution < -0.4 is 10.6 Å². The van der Waals surface area contributed by atoms with Crippen LogP contribution in [0, 0.1) is 25.5 Å². The summed E-state index contributed by atoms with van der Waals surface area (Å²) >= 11 is 0. The summed E-state index contributed by atoms with van der Waals surface area (Å²) in [5.41, 5.74) is 0.401.